The fourth-order valence-corrected chi connectivity index (χ4v) is 2.07. The molecule has 0 heterocycles. The van der Waals surface area contributed by atoms with E-state index in [-0.39, 0.29) is 17.6 Å². The normalized spacial score (nSPS) is 18.5. The zero-order valence-corrected chi connectivity index (χ0v) is 10.2. The van der Waals surface area contributed by atoms with Gasteiger partial charge in [0, 0.05) is 16.9 Å². The van der Waals surface area contributed by atoms with E-state index in [1.54, 1.807) is 12.1 Å². The molecule has 17 heavy (non-hydrogen) atoms. The highest BCUT2D eigenvalue weighted by Crippen LogP contribution is 2.48. The SMILES string of the molecule is CC(C)C(F)(F)c1ccc(C2(CO)CC2)cc1. The molecular formula is C14H18F2O. The maximum Gasteiger partial charge on any atom is 0.275 e. The van der Waals surface area contributed by atoms with Gasteiger partial charge in [0.15, 0.2) is 0 Å². The second kappa shape index (κ2) is 4.05. The Hall–Kier alpha value is -0.960. The summed E-state index contributed by atoms with van der Waals surface area (Å²) < 4.78 is 27.5. The van der Waals surface area contributed by atoms with Crippen LogP contribution < -0.4 is 0 Å². The Bertz CT molecular complexity index is 391. The first kappa shape index (κ1) is 12.5. The number of hydrogen-bond acceptors (Lipinski definition) is 1. The van der Waals surface area contributed by atoms with Crippen molar-refractivity contribution in [3.63, 3.8) is 0 Å². The zero-order valence-electron chi connectivity index (χ0n) is 10.2. The van der Waals surface area contributed by atoms with E-state index in [9.17, 15) is 13.9 Å². The molecule has 3 heteroatoms. The summed E-state index contributed by atoms with van der Waals surface area (Å²) in [5.74, 6) is -3.49. The molecule has 1 fully saturated rings. The minimum atomic E-state index is -2.78. The summed E-state index contributed by atoms with van der Waals surface area (Å²) in [6.07, 6.45) is 1.90. The minimum Gasteiger partial charge on any atom is -0.395 e. The molecule has 0 aliphatic heterocycles. The third kappa shape index (κ3) is 2.08. The van der Waals surface area contributed by atoms with Gasteiger partial charge in [0.2, 0.25) is 0 Å². The van der Waals surface area contributed by atoms with Gasteiger partial charge in [-0.1, -0.05) is 38.1 Å². The van der Waals surface area contributed by atoms with Gasteiger partial charge in [-0.05, 0) is 18.4 Å². The van der Waals surface area contributed by atoms with Crippen molar-refractivity contribution in [1.29, 1.82) is 0 Å². The van der Waals surface area contributed by atoms with Gasteiger partial charge in [0.1, 0.15) is 0 Å². The summed E-state index contributed by atoms with van der Waals surface area (Å²) in [5, 5.41) is 9.28. The van der Waals surface area contributed by atoms with Crippen LogP contribution in [0.1, 0.15) is 37.8 Å². The van der Waals surface area contributed by atoms with Gasteiger partial charge in [-0.2, -0.15) is 0 Å². The Morgan fingerprint density at radius 1 is 1.24 bits per heavy atom. The van der Waals surface area contributed by atoms with E-state index in [0.717, 1.165) is 18.4 Å². The third-order valence-electron chi connectivity index (χ3n) is 3.76. The highest BCUT2D eigenvalue weighted by Gasteiger charge is 2.44. The summed E-state index contributed by atoms with van der Waals surface area (Å²) >= 11 is 0. The van der Waals surface area contributed by atoms with E-state index in [4.69, 9.17) is 0 Å². The van der Waals surface area contributed by atoms with Gasteiger partial charge in [-0.3, -0.25) is 0 Å². The summed E-state index contributed by atoms with van der Waals surface area (Å²) in [4.78, 5) is 0. The molecular weight excluding hydrogens is 222 g/mol. The van der Waals surface area contributed by atoms with E-state index < -0.39 is 11.8 Å². The molecule has 0 bridgehead atoms. The molecule has 94 valence electrons. The van der Waals surface area contributed by atoms with Crippen molar-refractivity contribution in [2.45, 2.75) is 38.0 Å². The van der Waals surface area contributed by atoms with Crippen molar-refractivity contribution in [3.8, 4) is 0 Å². The molecule has 1 aliphatic carbocycles. The van der Waals surface area contributed by atoms with Crippen LogP contribution in [-0.2, 0) is 11.3 Å². The number of benzene rings is 1. The van der Waals surface area contributed by atoms with E-state index in [1.807, 2.05) is 0 Å². The number of aliphatic hydroxyl groups excluding tert-OH is 1. The van der Waals surface area contributed by atoms with Gasteiger partial charge >= 0.3 is 0 Å². The van der Waals surface area contributed by atoms with E-state index in [2.05, 4.69) is 0 Å². The zero-order chi connectivity index (χ0) is 12.7. The summed E-state index contributed by atoms with van der Waals surface area (Å²) in [5.41, 5.74) is 0.888. The van der Waals surface area contributed by atoms with Crippen molar-refractivity contribution >= 4 is 0 Å². The van der Waals surface area contributed by atoms with E-state index >= 15 is 0 Å². The fraction of sp³-hybridized carbons (Fsp3) is 0.571. The van der Waals surface area contributed by atoms with Crippen molar-refractivity contribution in [2.75, 3.05) is 6.61 Å². The van der Waals surface area contributed by atoms with Crippen LogP contribution in [0.2, 0.25) is 0 Å². The molecule has 1 saturated carbocycles. The first-order valence-electron chi connectivity index (χ1n) is 6.02. The number of hydrogen-bond donors (Lipinski definition) is 1. The summed E-state index contributed by atoms with van der Waals surface area (Å²) in [6, 6.07) is 6.44. The van der Waals surface area contributed by atoms with Crippen LogP contribution in [0.5, 0.6) is 0 Å². The van der Waals surface area contributed by atoms with Crippen molar-refractivity contribution < 1.29 is 13.9 Å². The molecule has 1 aliphatic rings. The Morgan fingerprint density at radius 2 is 1.76 bits per heavy atom. The second-order valence-electron chi connectivity index (χ2n) is 5.29. The lowest BCUT2D eigenvalue weighted by Crippen LogP contribution is -2.21. The summed E-state index contributed by atoms with van der Waals surface area (Å²) in [6.45, 7) is 3.14. The Morgan fingerprint density at radius 3 is 2.12 bits per heavy atom. The lowest BCUT2D eigenvalue weighted by atomic mass is 9.92. The van der Waals surface area contributed by atoms with Crippen LogP contribution in [0.25, 0.3) is 0 Å². The molecule has 0 spiro atoms. The first-order chi connectivity index (χ1) is 7.92. The van der Waals surface area contributed by atoms with Gasteiger partial charge in [0.25, 0.3) is 5.92 Å². The predicted molar refractivity (Wildman–Crippen MR) is 63.2 cm³/mol. The molecule has 0 aromatic heterocycles. The van der Waals surface area contributed by atoms with Crippen molar-refractivity contribution in [1.82, 2.24) is 0 Å². The molecule has 1 aromatic carbocycles. The van der Waals surface area contributed by atoms with Crippen molar-refractivity contribution in [2.24, 2.45) is 5.92 Å². The van der Waals surface area contributed by atoms with Crippen LogP contribution in [0, 0.1) is 5.92 Å². The molecule has 1 nitrogen and oxygen atoms in total. The largest absolute Gasteiger partial charge is 0.395 e. The van der Waals surface area contributed by atoms with Crippen LogP contribution >= 0.6 is 0 Å². The first-order valence-corrected chi connectivity index (χ1v) is 6.02. The van der Waals surface area contributed by atoms with Gasteiger partial charge in [-0.25, -0.2) is 8.78 Å². The smallest absolute Gasteiger partial charge is 0.275 e. The molecule has 0 atom stereocenters. The number of alkyl halides is 2. The predicted octanol–water partition coefficient (Wildman–Crippen LogP) is 3.46. The number of aliphatic hydroxyl groups is 1. The maximum absolute atomic E-state index is 13.8. The number of halogens is 2. The summed E-state index contributed by atoms with van der Waals surface area (Å²) in [7, 11) is 0. The van der Waals surface area contributed by atoms with Gasteiger partial charge in [-0.15, -0.1) is 0 Å². The lowest BCUT2D eigenvalue weighted by molar-refractivity contribution is -0.0514. The van der Waals surface area contributed by atoms with Crippen LogP contribution in [0.3, 0.4) is 0 Å². The molecule has 2 rings (SSSR count). The quantitative estimate of drug-likeness (QED) is 0.854. The Kier molecular flexibility index (Phi) is 2.98. The third-order valence-corrected chi connectivity index (χ3v) is 3.76. The van der Waals surface area contributed by atoms with Crippen LogP contribution in [0.15, 0.2) is 24.3 Å². The fourth-order valence-electron chi connectivity index (χ4n) is 2.07. The average Bonchev–Trinajstić information content (AvgIpc) is 3.10. The average molecular weight is 240 g/mol. The molecule has 0 amide bonds. The molecule has 0 unspecified atom stereocenters. The maximum atomic E-state index is 13.8. The molecule has 1 aromatic rings. The highest BCUT2D eigenvalue weighted by molar-refractivity contribution is 5.35. The second-order valence-corrected chi connectivity index (χ2v) is 5.29. The van der Waals surface area contributed by atoms with Gasteiger partial charge < -0.3 is 5.11 Å². The Balaban J connectivity index is 2.25. The van der Waals surface area contributed by atoms with Crippen molar-refractivity contribution in [3.05, 3.63) is 35.4 Å². The minimum absolute atomic E-state index is 0.0602. The molecule has 1 N–H and O–H groups in total. The van der Waals surface area contributed by atoms with Crippen LogP contribution in [-0.4, -0.2) is 11.7 Å². The monoisotopic (exact) mass is 240 g/mol. The van der Waals surface area contributed by atoms with E-state index in [0.29, 0.717) is 0 Å². The topological polar surface area (TPSA) is 20.2 Å². The Labute approximate surface area is 100 Å². The number of rotatable bonds is 4. The van der Waals surface area contributed by atoms with E-state index in [1.165, 1.54) is 26.0 Å². The lowest BCUT2D eigenvalue weighted by Gasteiger charge is -2.21. The van der Waals surface area contributed by atoms with Gasteiger partial charge in [0.05, 0.1) is 6.61 Å². The van der Waals surface area contributed by atoms with Crippen LogP contribution in [0.4, 0.5) is 8.78 Å². The molecule has 0 saturated heterocycles. The molecule has 0 radical (unpaired) electrons. The highest BCUT2D eigenvalue weighted by atomic mass is 19.3. The standard InChI is InChI=1S/C14H18F2O/c1-10(2)14(15,16)12-5-3-11(4-6-12)13(9-17)7-8-13/h3-6,10,17H,7-9H2,1-2H3.